The van der Waals surface area contributed by atoms with E-state index in [1.165, 1.54) is 12.5 Å². The van der Waals surface area contributed by atoms with Crippen LogP contribution in [-0.4, -0.2) is 40.6 Å². The maximum absolute atomic E-state index is 11.5. The molecule has 0 saturated heterocycles. The first-order valence-corrected chi connectivity index (χ1v) is 11.9. The number of sulfonamides is 1. The van der Waals surface area contributed by atoms with Gasteiger partial charge in [-0.15, -0.1) is 0 Å². The minimum absolute atomic E-state index is 0.0811. The molecule has 3 N–H and O–H groups in total. The van der Waals surface area contributed by atoms with Crippen molar-refractivity contribution in [3.05, 3.63) is 60.2 Å². The lowest BCUT2D eigenvalue weighted by Crippen LogP contribution is -2.32. The van der Waals surface area contributed by atoms with Crippen LogP contribution in [0.3, 0.4) is 0 Å². The van der Waals surface area contributed by atoms with Gasteiger partial charge in [-0.3, -0.25) is 4.79 Å². The third-order valence-corrected chi connectivity index (χ3v) is 6.12. The molecule has 9 nitrogen and oxygen atoms in total. The highest BCUT2D eigenvalue weighted by molar-refractivity contribution is 7.89. The van der Waals surface area contributed by atoms with Gasteiger partial charge in [0.1, 0.15) is 6.61 Å². The van der Waals surface area contributed by atoms with Gasteiger partial charge in [0.05, 0.1) is 18.3 Å². The summed E-state index contributed by atoms with van der Waals surface area (Å²) >= 11 is 0. The number of primary sulfonamides is 1. The van der Waals surface area contributed by atoms with E-state index in [4.69, 9.17) is 9.88 Å². The molecule has 0 atom stereocenters. The van der Waals surface area contributed by atoms with Crippen molar-refractivity contribution in [1.82, 2.24) is 14.5 Å². The number of carboxylic acids is 1. The summed E-state index contributed by atoms with van der Waals surface area (Å²) in [7, 11) is -3.90. The predicted molar refractivity (Wildman–Crippen MR) is 124 cm³/mol. The van der Waals surface area contributed by atoms with E-state index in [0.29, 0.717) is 5.88 Å². The van der Waals surface area contributed by atoms with E-state index in [1.54, 1.807) is 16.8 Å². The second-order valence-electron chi connectivity index (χ2n) is 8.75. The number of rotatable bonds is 9. The van der Waals surface area contributed by atoms with Gasteiger partial charge in [-0.2, -0.15) is 0 Å². The summed E-state index contributed by atoms with van der Waals surface area (Å²) in [6, 6.07) is 9.35. The maximum Gasteiger partial charge on any atom is 0.307 e. The van der Waals surface area contributed by atoms with E-state index in [1.807, 2.05) is 52.0 Å². The molecule has 0 bridgehead atoms. The van der Waals surface area contributed by atoms with Crippen molar-refractivity contribution >= 4 is 16.0 Å². The maximum atomic E-state index is 11.5. The highest BCUT2D eigenvalue weighted by Crippen LogP contribution is 2.32. The number of pyridine rings is 1. The van der Waals surface area contributed by atoms with Crippen LogP contribution >= 0.6 is 0 Å². The highest BCUT2D eigenvalue weighted by Gasteiger charge is 2.24. The number of aromatic nitrogens is 3. The summed E-state index contributed by atoms with van der Waals surface area (Å²) in [6.07, 6.45) is 4.28. The molecule has 0 unspecified atom stereocenters. The van der Waals surface area contributed by atoms with Crippen molar-refractivity contribution in [3.63, 3.8) is 0 Å². The molecule has 0 saturated carbocycles. The fourth-order valence-corrected chi connectivity index (χ4v) is 3.98. The van der Waals surface area contributed by atoms with Crippen molar-refractivity contribution in [2.45, 2.75) is 50.6 Å². The van der Waals surface area contributed by atoms with E-state index >= 15 is 0 Å². The molecular formula is C23H28N4O5S. The van der Waals surface area contributed by atoms with Crippen LogP contribution in [0.5, 0.6) is 5.88 Å². The number of imidazole rings is 1. The van der Waals surface area contributed by atoms with E-state index < -0.39 is 21.5 Å². The number of benzene rings is 1. The van der Waals surface area contributed by atoms with Gasteiger partial charge < -0.3 is 14.4 Å². The molecule has 33 heavy (non-hydrogen) atoms. The molecule has 10 heteroatoms. The van der Waals surface area contributed by atoms with Crippen LogP contribution in [0.1, 0.15) is 44.7 Å². The molecule has 0 amide bonds. The van der Waals surface area contributed by atoms with Crippen LogP contribution in [0.15, 0.2) is 54.1 Å². The van der Waals surface area contributed by atoms with Gasteiger partial charge in [0.2, 0.25) is 5.88 Å². The largest absolute Gasteiger partial charge is 0.481 e. The Hall–Kier alpha value is -3.24. The number of hydrogen-bond donors (Lipinski definition) is 2. The highest BCUT2D eigenvalue weighted by atomic mass is 32.2. The summed E-state index contributed by atoms with van der Waals surface area (Å²) in [4.78, 5) is 19.6. The smallest absolute Gasteiger partial charge is 0.307 e. The lowest BCUT2D eigenvalue weighted by Gasteiger charge is -2.26. The molecule has 0 aliphatic carbocycles. The molecule has 0 spiro atoms. The zero-order valence-corrected chi connectivity index (χ0v) is 19.8. The van der Waals surface area contributed by atoms with Crippen LogP contribution in [0.4, 0.5) is 0 Å². The topological polar surface area (TPSA) is 137 Å². The summed E-state index contributed by atoms with van der Waals surface area (Å²) in [5.74, 6) is -0.352. The van der Waals surface area contributed by atoms with Crippen molar-refractivity contribution in [1.29, 1.82) is 0 Å². The molecule has 1 aromatic carbocycles. The first-order chi connectivity index (χ1) is 15.4. The Morgan fingerprint density at radius 2 is 1.97 bits per heavy atom. The van der Waals surface area contributed by atoms with Gasteiger partial charge in [-0.05, 0) is 48.1 Å². The number of carbonyl (C=O) groups is 1. The Bertz CT molecular complexity index is 1270. The van der Waals surface area contributed by atoms with Crippen LogP contribution in [0.25, 0.3) is 11.1 Å². The standard InChI is InChI=1S/C23H28N4O5S/c1-15(2)17-6-5-7-18(19(17)11-22(28)29)16-8-9-25-20(10-16)32-13-23(3,4)27-12-21(26-14-27)33(24,30)31/h5-10,12,14-15H,11,13H2,1-4H3,(H,28,29)(H2,24,30,31). The van der Waals surface area contributed by atoms with Crippen molar-refractivity contribution in [3.8, 4) is 17.0 Å². The molecule has 2 heterocycles. The van der Waals surface area contributed by atoms with Crippen molar-refractivity contribution in [2.24, 2.45) is 5.14 Å². The van der Waals surface area contributed by atoms with Crippen molar-refractivity contribution < 1.29 is 23.1 Å². The fourth-order valence-electron chi connectivity index (χ4n) is 3.53. The third kappa shape index (κ3) is 5.77. The number of ether oxygens (including phenoxy) is 1. The van der Waals surface area contributed by atoms with Gasteiger partial charge in [-0.1, -0.05) is 32.0 Å². The minimum Gasteiger partial charge on any atom is -0.481 e. The lowest BCUT2D eigenvalue weighted by molar-refractivity contribution is -0.136. The van der Waals surface area contributed by atoms with E-state index in [2.05, 4.69) is 9.97 Å². The SMILES string of the molecule is CC(C)c1cccc(-c2ccnc(OCC(C)(C)n3cnc(S(N)(=O)=O)c3)c2)c1CC(=O)O. The quantitative estimate of drug-likeness (QED) is 0.488. The zero-order valence-electron chi connectivity index (χ0n) is 19.0. The van der Waals surface area contributed by atoms with Gasteiger partial charge in [0.15, 0.2) is 5.03 Å². The zero-order chi connectivity index (χ0) is 24.4. The molecular weight excluding hydrogens is 444 g/mol. The van der Waals surface area contributed by atoms with E-state index in [-0.39, 0.29) is 24.0 Å². The summed E-state index contributed by atoms with van der Waals surface area (Å²) in [6.45, 7) is 7.97. The van der Waals surface area contributed by atoms with Crippen LogP contribution in [-0.2, 0) is 26.8 Å². The van der Waals surface area contributed by atoms with Crippen LogP contribution < -0.4 is 9.88 Å². The van der Waals surface area contributed by atoms with Gasteiger partial charge in [0.25, 0.3) is 10.0 Å². The second-order valence-corrected chi connectivity index (χ2v) is 10.3. The molecule has 0 aliphatic rings. The average molecular weight is 473 g/mol. The Kier molecular flexibility index (Phi) is 6.89. The molecule has 3 rings (SSSR count). The fraction of sp³-hybridized carbons (Fsp3) is 0.348. The number of hydrogen-bond acceptors (Lipinski definition) is 6. The Morgan fingerprint density at radius 3 is 2.58 bits per heavy atom. The van der Waals surface area contributed by atoms with Gasteiger partial charge >= 0.3 is 5.97 Å². The Labute approximate surface area is 193 Å². The Morgan fingerprint density at radius 1 is 1.24 bits per heavy atom. The van der Waals surface area contributed by atoms with E-state index in [9.17, 15) is 18.3 Å². The third-order valence-electron chi connectivity index (χ3n) is 5.33. The average Bonchev–Trinajstić information content (AvgIpc) is 3.24. The van der Waals surface area contributed by atoms with Crippen LogP contribution in [0, 0.1) is 0 Å². The number of carboxylic acid groups (broad SMARTS) is 1. The summed E-state index contributed by atoms with van der Waals surface area (Å²) in [5.41, 5.74) is 2.74. The number of nitrogens with two attached hydrogens (primary N) is 1. The molecule has 0 fully saturated rings. The summed E-state index contributed by atoms with van der Waals surface area (Å²) < 4.78 is 30.6. The molecule has 0 aliphatic heterocycles. The van der Waals surface area contributed by atoms with Gasteiger partial charge in [-0.25, -0.2) is 23.5 Å². The second kappa shape index (κ2) is 9.32. The number of nitrogens with zero attached hydrogens (tertiary/aromatic N) is 3. The lowest BCUT2D eigenvalue weighted by atomic mass is 9.89. The number of aliphatic carboxylic acids is 1. The first-order valence-electron chi connectivity index (χ1n) is 10.4. The molecule has 0 radical (unpaired) electrons. The summed E-state index contributed by atoms with van der Waals surface area (Å²) in [5, 5.41) is 14.4. The molecule has 176 valence electrons. The molecule has 2 aromatic heterocycles. The normalized spacial score (nSPS) is 12.2. The van der Waals surface area contributed by atoms with E-state index in [0.717, 1.165) is 22.3 Å². The van der Waals surface area contributed by atoms with Crippen molar-refractivity contribution in [2.75, 3.05) is 6.61 Å². The minimum atomic E-state index is -3.90. The monoisotopic (exact) mass is 472 g/mol. The molecule has 3 aromatic rings. The Balaban J connectivity index is 1.87. The van der Waals surface area contributed by atoms with Crippen LogP contribution in [0.2, 0.25) is 0 Å². The predicted octanol–water partition coefficient (Wildman–Crippen LogP) is 3.16. The van der Waals surface area contributed by atoms with Gasteiger partial charge in [0, 0.05) is 18.5 Å². The first kappa shape index (κ1) is 24.4.